The number of benzene rings is 1. The van der Waals surface area contributed by atoms with Gasteiger partial charge in [0.2, 0.25) is 0 Å². The zero-order chi connectivity index (χ0) is 11.1. The van der Waals surface area contributed by atoms with Crippen molar-refractivity contribution in [2.45, 2.75) is 47.0 Å². The quantitative estimate of drug-likeness (QED) is 0.686. The van der Waals surface area contributed by atoms with Gasteiger partial charge in [0.1, 0.15) is 0 Å². The standard InChI is InChI=1S/C11H15Br.C2H6/c1-4-9-7-10(12)5-6-11(9)8(2)3;1-2/h5-8H,4H2,1-3H3;1-2H3. The molecule has 1 aromatic rings. The van der Waals surface area contributed by atoms with Gasteiger partial charge >= 0.3 is 0 Å². The molecule has 0 unspecified atom stereocenters. The number of halogens is 1. The van der Waals surface area contributed by atoms with E-state index in [1.165, 1.54) is 15.6 Å². The third-order valence-corrected chi connectivity index (χ3v) is 2.60. The summed E-state index contributed by atoms with van der Waals surface area (Å²) >= 11 is 3.49. The van der Waals surface area contributed by atoms with Crippen LogP contribution in [0.4, 0.5) is 0 Å². The first kappa shape index (κ1) is 13.7. The van der Waals surface area contributed by atoms with Crippen LogP contribution >= 0.6 is 15.9 Å². The largest absolute Gasteiger partial charge is 0.0683 e. The van der Waals surface area contributed by atoms with Crippen molar-refractivity contribution in [2.75, 3.05) is 0 Å². The lowest BCUT2D eigenvalue weighted by Gasteiger charge is -2.11. The average molecular weight is 257 g/mol. The van der Waals surface area contributed by atoms with Crippen LogP contribution in [-0.2, 0) is 6.42 Å². The molecule has 1 rings (SSSR count). The van der Waals surface area contributed by atoms with Crippen molar-refractivity contribution >= 4 is 15.9 Å². The van der Waals surface area contributed by atoms with Crippen LogP contribution in [0, 0.1) is 0 Å². The molecule has 0 N–H and O–H groups in total. The van der Waals surface area contributed by atoms with Crippen LogP contribution in [0.5, 0.6) is 0 Å². The van der Waals surface area contributed by atoms with Gasteiger partial charge in [0, 0.05) is 4.47 Å². The second kappa shape index (κ2) is 7.05. The summed E-state index contributed by atoms with van der Waals surface area (Å²) in [5.74, 6) is 0.632. The normalized spacial score (nSPS) is 9.64. The van der Waals surface area contributed by atoms with E-state index in [1.54, 1.807) is 0 Å². The van der Waals surface area contributed by atoms with Gasteiger partial charge in [0.05, 0.1) is 0 Å². The molecule has 0 saturated carbocycles. The van der Waals surface area contributed by atoms with Crippen LogP contribution in [0.25, 0.3) is 0 Å². The molecule has 0 spiro atoms. The van der Waals surface area contributed by atoms with E-state index in [0.29, 0.717) is 5.92 Å². The first-order valence-electron chi connectivity index (χ1n) is 5.43. The Hall–Kier alpha value is -0.300. The van der Waals surface area contributed by atoms with Crippen LogP contribution in [0.1, 0.15) is 51.7 Å². The molecule has 0 atom stereocenters. The Morgan fingerprint density at radius 1 is 1.21 bits per heavy atom. The van der Waals surface area contributed by atoms with Crippen molar-refractivity contribution in [1.29, 1.82) is 0 Å². The SMILES string of the molecule is CC.CCc1cc(Br)ccc1C(C)C. The zero-order valence-corrected chi connectivity index (χ0v) is 11.5. The summed E-state index contributed by atoms with van der Waals surface area (Å²) in [6.07, 6.45) is 1.12. The summed E-state index contributed by atoms with van der Waals surface area (Å²) in [7, 11) is 0. The molecule has 14 heavy (non-hydrogen) atoms. The van der Waals surface area contributed by atoms with Crippen molar-refractivity contribution in [3.05, 3.63) is 33.8 Å². The molecule has 0 fully saturated rings. The molecule has 0 aliphatic carbocycles. The summed E-state index contributed by atoms with van der Waals surface area (Å²) in [4.78, 5) is 0. The van der Waals surface area contributed by atoms with Crippen molar-refractivity contribution in [3.8, 4) is 0 Å². The summed E-state index contributed by atoms with van der Waals surface area (Å²) < 4.78 is 1.18. The van der Waals surface area contributed by atoms with E-state index in [4.69, 9.17) is 0 Å². The molecule has 0 heterocycles. The average Bonchev–Trinajstić information content (AvgIpc) is 2.20. The van der Waals surface area contributed by atoms with Crippen LogP contribution in [-0.4, -0.2) is 0 Å². The highest BCUT2D eigenvalue weighted by atomic mass is 79.9. The van der Waals surface area contributed by atoms with E-state index < -0.39 is 0 Å². The summed E-state index contributed by atoms with van der Waals surface area (Å²) in [5.41, 5.74) is 2.93. The maximum atomic E-state index is 3.49. The molecule has 0 bridgehead atoms. The minimum atomic E-state index is 0.632. The third kappa shape index (κ3) is 3.83. The smallest absolute Gasteiger partial charge is 0.0178 e. The Morgan fingerprint density at radius 3 is 2.21 bits per heavy atom. The fourth-order valence-corrected chi connectivity index (χ4v) is 1.85. The maximum Gasteiger partial charge on any atom is 0.0178 e. The van der Waals surface area contributed by atoms with Crippen LogP contribution < -0.4 is 0 Å². The number of hydrogen-bond donors (Lipinski definition) is 0. The van der Waals surface area contributed by atoms with Gasteiger partial charge in [-0.15, -0.1) is 0 Å². The van der Waals surface area contributed by atoms with Gasteiger partial charge in [0.25, 0.3) is 0 Å². The fraction of sp³-hybridized carbons (Fsp3) is 0.538. The Labute approximate surface area is 96.9 Å². The van der Waals surface area contributed by atoms with Crippen LogP contribution in [0.2, 0.25) is 0 Å². The Morgan fingerprint density at radius 2 is 1.79 bits per heavy atom. The van der Waals surface area contributed by atoms with Gasteiger partial charge in [-0.2, -0.15) is 0 Å². The van der Waals surface area contributed by atoms with E-state index in [1.807, 2.05) is 13.8 Å². The van der Waals surface area contributed by atoms with Gasteiger partial charge in [-0.05, 0) is 35.6 Å². The lowest BCUT2D eigenvalue weighted by atomic mass is 9.96. The molecule has 0 aliphatic heterocycles. The first-order valence-corrected chi connectivity index (χ1v) is 6.22. The van der Waals surface area contributed by atoms with E-state index in [2.05, 4.69) is 54.9 Å². The second-order valence-corrected chi connectivity index (χ2v) is 4.27. The molecule has 0 aliphatic rings. The Bertz CT molecular complexity index is 264. The van der Waals surface area contributed by atoms with Gasteiger partial charge in [-0.1, -0.05) is 56.6 Å². The number of rotatable bonds is 2. The van der Waals surface area contributed by atoms with Crippen molar-refractivity contribution in [3.63, 3.8) is 0 Å². The molecular weight excluding hydrogens is 236 g/mol. The summed E-state index contributed by atoms with van der Waals surface area (Å²) in [5, 5.41) is 0. The van der Waals surface area contributed by atoms with Gasteiger partial charge in [0.15, 0.2) is 0 Å². The van der Waals surface area contributed by atoms with Crippen LogP contribution in [0.3, 0.4) is 0 Å². The molecule has 0 radical (unpaired) electrons. The minimum absolute atomic E-state index is 0.632. The topological polar surface area (TPSA) is 0 Å². The molecule has 80 valence electrons. The van der Waals surface area contributed by atoms with E-state index in [-0.39, 0.29) is 0 Å². The Kier molecular flexibility index (Phi) is 6.90. The minimum Gasteiger partial charge on any atom is -0.0683 e. The highest BCUT2D eigenvalue weighted by molar-refractivity contribution is 9.10. The summed E-state index contributed by atoms with van der Waals surface area (Å²) in [6.45, 7) is 10.7. The van der Waals surface area contributed by atoms with Crippen LogP contribution in [0.15, 0.2) is 22.7 Å². The van der Waals surface area contributed by atoms with E-state index >= 15 is 0 Å². The van der Waals surface area contributed by atoms with Gasteiger partial charge in [-0.3, -0.25) is 0 Å². The molecule has 1 aromatic carbocycles. The summed E-state index contributed by atoms with van der Waals surface area (Å²) in [6, 6.07) is 6.55. The first-order chi connectivity index (χ1) is 6.65. The Balaban J connectivity index is 0.000000791. The third-order valence-electron chi connectivity index (χ3n) is 2.11. The molecule has 0 amide bonds. The maximum absolute atomic E-state index is 3.49. The fourth-order valence-electron chi connectivity index (χ4n) is 1.44. The van der Waals surface area contributed by atoms with Gasteiger partial charge < -0.3 is 0 Å². The van der Waals surface area contributed by atoms with Gasteiger partial charge in [-0.25, -0.2) is 0 Å². The lowest BCUT2D eigenvalue weighted by Crippen LogP contribution is -1.94. The highest BCUT2D eigenvalue weighted by Gasteiger charge is 2.04. The predicted octanol–water partition coefficient (Wildman–Crippen LogP) is 5.16. The van der Waals surface area contributed by atoms with E-state index in [0.717, 1.165) is 6.42 Å². The number of hydrogen-bond acceptors (Lipinski definition) is 0. The lowest BCUT2D eigenvalue weighted by molar-refractivity contribution is 0.843. The second-order valence-electron chi connectivity index (χ2n) is 3.35. The molecule has 1 heteroatoms. The van der Waals surface area contributed by atoms with Crippen molar-refractivity contribution in [1.82, 2.24) is 0 Å². The monoisotopic (exact) mass is 256 g/mol. The van der Waals surface area contributed by atoms with E-state index in [9.17, 15) is 0 Å². The number of aryl methyl sites for hydroxylation is 1. The molecule has 0 saturated heterocycles. The molecule has 0 nitrogen and oxygen atoms in total. The molecule has 0 aromatic heterocycles. The van der Waals surface area contributed by atoms with Crippen molar-refractivity contribution in [2.24, 2.45) is 0 Å². The molecular formula is C13H21Br. The van der Waals surface area contributed by atoms with Crippen molar-refractivity contribution < 1.29 is 0 Å². The predicted molar refractivity (Wildman–Crippen MR) is 69.0 cm³/mol. The highest BCUT2D eigenvalue weighted by Crippen LogP contribution is 2.23. The zero-order valence-electron chi connectivity index (χ0n) is 9.89.